The van der Waals surface area contributed by atoms with E-state index in [4.69, 9.17) is 4.74 Å². The van der Waals surface area contributed by atoms with Gasteiger partial charge in [-0.2, -0.15) is 23.3 Å². The number of alkyl halides is 3. The number of carboxylic acids is 1. The van der Waals surface area contributed by atoms with Crippen LogP contribution in [0.3, 0.4) is 0 Å². The number of methoxy groups -OCH3 is 1. The number of aryl methyl sites for hydroxylation is 2. The van der Waals surface area contributed by atoms with Crippen molar-refractivity contribution in [2.45, 2.75) is 20.0 Å². The highest BCUT2D eigenvalue weighted by atomic mass is 19.4. The number of aromatic carboxylic acids is 1. The van der Waals surface area contributed by atoms with Gasteiger partial charge >= 0.3 is 12.1 Å². The normalized spacial score (nSPS) is 11.4. The topological polar surface area (TPSA) is 115 Å². The number of pyridine rings is 1. The van der Waals surface area contributed by atoms with E-state index in [1.54, 1.807) is 13.0 Å². The Bertz CT molecular complexity index is 1450. The third-order valence-corrected chi connectivity index (χ3v) is 5.03. The van der Waals surface area contributed by atoms with Crippen molar-refractivity contribution in [3.63, 3.8) is 0 Å². The summed E-state index contributed by atoms with van der Waals surface area (Å²) in [6, 6.07) is 6.25. The Morgan fingerprint density at radius 3 is 2.44 bits per heavy atom. The van der Waals surface area contributed by atoms with Crippen molar-refractivity contribution in [1.82, 2.24) is 24.7 Å². The number of carbonyl (C=O) groups is 1. The second kappa shape index (κ2) is 9.24. The van der Waals surface area contributed by atoms with Crippen molar-refractivity contribution in [3.8, 4) is 22.8 Å². The van der Waals surface area contributed by atoms with Crippen LogP contribution in [-0.4, -0.2) is 42.9 Å². The molecule has 2 N–H and O–H groups in total. The molecule has 0 atom stereocenters. The maximum absolute atomic E-state index is 13.8. The van der Waals surface area contributed by atoms with E-state index in [-0.39, 0.29) is 40.0 Å². The Labute approximate surface area is 201 Å². The highest BCUT2D eigenvalue weighted by Gasteiger charge is 2.35. The molecule has 0 amide bonds. The van der Waals surface area contributed by atoms with Crippen molar-refractivity contribution in [3.05, 3.63) is 71.1 Å². The average molecular weight is 502 g/mol. The molecule has 0 aliphatic rings. The Kier molecular flexibility index (Phi) is 6.31. The third-order valence-electron chi connectivity index (χ3n) is 5.03. The molecule has 4 aromatic rings. The van der Waals surface area contributed by atoms with Gasteiger partial charge in [0.15, 0.2) is 11.5 Å². The summed E-state index contributed by atoms with van der Waals surface area (Å²) in [6.07, 6.45) is -2.15. The molecule has 3 heterocycles. The van der Waals surface area contributed by atoms with Crippen molar-refractivity contribution < 1.29 is 32.2 Å². The summed E-state index contributed by atoms with van der Waals surface area (Å²) >= 11 is 0. The zero-order valence-corrected chi connectivity index (χ0v) is 19.1. The predicted molar refractivity (Wildman–Crippen MR) is 120 cm³/mol. The zero-order chi connectivity index (χ0) is 26.2. The van der Waals surface area contributed by atoms with Crippen molar-refractivity contribution in [2.75, 3.05) is 12.4 Å². The van der Waals surface area contributed by atoms with Crippen molar-refractivity contribution >= 4 is 17.6 Å². The molecule has 0 unspecified atom stereocenters. The van der Waals surface area contributed by atoms with Gasteiger partial charge in [-0.1, -0.05) is 0 Å². The Morgan fingerprint density at radius 1 is 1.08 bits per heavy atom. The Hall–Kier alpha value is -4.55. The maximum atomic E-state index is 13.8. The van der Waals surface area contributed by atoms with Crippen LogP contribution in [0.15, 0.2) is 42.7 Å². The first kappa shape index (κ1) is 24.6. The number of halogens is 4. The van der Waals surface area contributed by atoms with Gasteiger partial charge in [0.1, 0.15) is 11.4 Å². The van der Waals surface area contributed by atoms with Crippen LogP contribution in [-0.2, 0) is 6.18 Å². The first-order chi connectivity index (χ1) is 17.0. The minimum atomic E-state index is -4.71. The molecule has 1 aromatic carbocycles. The SMILES string of the molecule is COc1ncc(-c2cnc(Nc3cc(C)cc(F)c3)nc2-n2nc(C(F)(F)F)cc2C)cc1C(=O)O. The molecular formula is C23H18F4N6O3. The molecule has 0 spiro atoms. The minimum Gasteiger partial charge on any atom is -0.480 e. The number of ether oxygens (including phenoxy) is 1. The number of hydrogen-bond donors (Lipinski definition) is 2. The van der Waals surface area contributed by atoms with E-state index in [1.165, 1.54) is 44.6 Å². The molecule has 13 heteroatoms. The minimum absolute atomic E-state index is 0.0536. The third kappa shape index (κ3) is 4.94. The quantitative estimate of drug-likeness (QED) is 0.356. The highest BCUT2D eigenvalue weighted by Crippen LogP contribution is 2.33. The summed E-state index contributed by atoms with van der Waals surface area (Å²) in [5, 5.41) is 16.0. The molecule has 0 saturated heterocycles. The average Bonchev–Trinajstić information content (AvgIpc) is 3.20. The summed E-state index contributed by atoms with van der Waals surface area (Å²) in [4.78, 5) is 24.2. The molecule has 186 valence electrons. The van der Waals surface area contributed by atoms with Crippen molar-refractivity contribution in [1.29, 1.82) is 0 Å². The number of benzene rings is 1. The van der Waals surface area contributed by atoms with Gasteiger partial charge in [0.2, 0.25) is 11.8 Å². The van der Waals surface area contributed by atoms with E-state index in [0.717, 1.165) is 10.7 Å². The number of aromatic nitrogens is 5. The lowest BCUT2D eigenvalue weighted by Crippen LogP contribution is -2.11. The van der Waals surface area contributed by atoms with Crippen LogP contribution in [0.5, 0.6) is 5.88 Å². The summed E-state index contributed by atoms with van der Waals surface area (Å²) in [5.41, 5.74) is -0.0233. The second-order valence-corrected chi connectivity index (χ2v) is 7.74. The molecule has 4 rings (SSSR count). The lowest BCUT2D eigenvalue weighted by atomic mass is 10.1. The first-order valence-corrected chi connectivity index (χ1v) is 10.3. The lowest BCUT2D eigenvalue weighted by molar-refractivity contribution is -0.141. The van der Waals surface area contributed by atoms with Gasteiger partial charge in [-0.15, -0.1) is 0 Å². The number of carboxylic acid groups (broad SMARTS) is 1. The van der Waals surface area contributed by atoms with Gasteiger partial charge in [0.05, 0.1) is 7.11 Å². The second-order valence-electron chi connectivity index (χ2n) is 7.74. The van der Waals surface area contributed by atoms with Gasteiger partial charge < -0.3 is 15.2 Å². The van der Waals surface area contributed by atoms with E-state index in [9.17, 15) is 27.5 Å². The van der Waals surface area contributed by atoms with Gasteiger partial charge in [0, 0.05) is 34.9 Å². The number of nitrogens with one attached hydrogen (secondary N) is 1. The largest absolute Gasteiger partial charge is 0.480 e. The molecule has 3 aromatic heterocycles. The van der Waals surface area contributed by atoms with E-state index in [1.807, 2.05) is 0 Å². The molecule has 0 aliphatic heterocycles. The van der Waals surface area contributed by atoms with Crippen LogP contribution in [0.2, 0.25) is 0 Å². The van der Waals surface area contributed by atoms with Crippen LogP contribution in [0, 0.1) is 19.7 Å². The van der Waals surface area contributed by atoms with E-state index >= 15 is 0 Å². The fourth-order valence-electron chi connectivity index (χ4n) is 3.48. The van der Waals surface area contributed by atoms with Crippen LogP contribution < -0.4 is 10.1 Å². The highest BCUT2D eigenvalue weighted by molar-refractivity contribution is 5.92. The number of rotatable bonds is 6. The lowest BCUT2D eigenvalue weighted by Gasteiger charge is -2.14. The van der Waals surface area contributed by atoms with E-state index in [0.29, 0.717) is 11.3 Å². The van der Waals surface area contributed by atoms with Crippen LogP contribution in [0.25, 0.3) is 16.9 Å². The monoisotopic (exact) mass is 502 g/mol. The molecule has 9 nitrogen and oxygen atoms in total. The van der Waals surface area contributed by atoms with Crippen LogP contribution in [0.1, 0.15) is 27.3 Å². The Morgan fingerprint density at radius 2 is 1.83 bits per heavy atom. The van der Waals surface area contributed by atoms with Crippen molar-refractivity contribution in [2.24, 2.45) is 0 Å². The molecule has 0 bridgehead atoms. The van der Waals surface area contributed by atoms with Crippen LogP contribution >= 0.6 is 0 Å². The van der Waals surface area contributed by atoms with Gasteiger partial charge in [-0.3, -0.25) is 0 Å². The molecule has 0 saturated carbocycles. The van der Waals surface area contributed by atoms with E-state index < -0.39 is 23.7 Å². The number of hydrogen-bond acceptors (Lipinski definition) is 7. The Balaban J connectivity index is 1.90. The first-order valence-electron chi connectivity index (χ1n) is 10.3. The van der Waals surface area contributed by atoms with Gasteiger partial charge in [-0.25, -0.2) is 23.8 Å². The molecule has 0 radical (unpaired) electrons. The molecule has 36 heavy (non-hydrogen) atoms. The summed E-state index contributed by atoms with van der Waals surface area (Å²) in [7, 11) is 1.25. The predicted octanol–water partition coefficient (Wildman–Crippen LogP) is 4.95. The van der Waals surface area contributed by atoms with Gasteiger partial charge in [-0.05, 0) is 49.7 Å². The fourth-order valence-corrected chi connectivity index (χ4v) is 3.48. The zero-order valence-electron chi connectivity index (χ0n) is 19.1. The van der Waals surface area contributed by atoms with Crippen LogP contribution in [0.4, 0.5) is 29.2 Å². The maximum Gasteiger partial charge on any atom is 0.435 e. The summed E-state index contributed by atoms with van der Waals surface area (Å²) in [5.74, 6) is -2.11. The summed E-state index contributed by atoms with van der Waals surface area (Å²) < 4.78 is 59.8. The molecular weight excluding hydrogens is 484 g/mol. The number of nitrogens with zero attached hydrogens (tertiary/aromatic N) is 5. The van der Waals surface area contributed by atoms with E-state index in [2.05, 4.69) is 25.4 Å². The fraction of sp³-hybridized carbons (Fsp3) is 0.174. The molecule has 0 fully saturated rings. The summed E-state index contributed by atoms with van der Waals surface area (Å²) in [6.45, 7) is 3.10. The number of anilines is 2. The molecule has 0 aliphatic carbocycles. The standard InChI is InChI=1S/C23H18F4N6O3/c1-11-4-14(24)8-15(5-11)30-22-29-10-17(13-7-16(21(34)35)20(36-3)28-9-13)19(31-22)33-12(2)6-18(32-33)23(25,26)27/h4-10H,1-3H3,(H,34,35)(H,29,30,31). The van der Waals surface area contributed by atoms with Gasteiger partial charge in [0.25, 0.3) is 0 Å². The smallest absolute Gasteiger partial charge is 0.435 e.